The van der Waals surface area contributed by atoms with Gasteiger partial charge in [-0.3, -0.25) is 14.3 Å². The number of amides is 1. The highest BCUT2D eigenvalue weighted by atomic mass is 19.1. The fourth-order valence-electron chi connectivity index (χ4n) is 3.99. The maximum absolute atomic E-state index is 13.4. The Hall–Kier alpha value is -2.96. The molecule has 1 atom stereocenters. The molecule has 1 aromatic carbocycles. The third kappa shape index (κ3) is 5.78. The third-order valence-electron chi connectivity index (χ3n) is 5.55. The van der Waals surface area contributed by atoms with E-state index in [0.29, 0.717) is 19.7 Å². The number of likely N-dealkylation sites (tertiary alicyclic amines) is 1. The molecule has 0 bridgehead atoms. The van der Waals surface area contributed by atoms with Gasteiger partial charge in [0.15, 0.2) is 0 Å². The van der Waals surface area contributed by atoms with Crippen LogP contribution in [0.15, 0.2) is 42.7 Å². The number of carbonyl (C=O) groups excluding carboxylic acids is 2. The molecule has 0 saturated carbocycles. The number of piperidine rings is 1. The van der Waals surface area contributed by atoms with Crippen molar-refractivity contribution in [2.24, 2.45) is 13.0 Å². The van der Waals surface area contributed by atoms with Crippen molar-refractivity contribution >= 4 is 18.0 Å². The lowest BCUT2D eigenvalue weighted by atomic mass is 9.78. The first-order valence-corrected chi connectivity index (χ1v) is 10.3. The minimum atomic E-state index is -0.297. The number of hydrogen-bond donors (Lipinski definition) is 0. The van der Waals surface area contributed by atoms with E-state index in [1.54, 1.807) is 42.1 Å². The second-order valence-electron chi connectivity index (χ2n) is 7.61. The summed E-state index contributed by atoms with van der Waals surface area (Å²) in [5, 5.41) is 4.09. The SMILES string of the molecule is CCOC(=O)CC(c1ccc(F)cc1)C1CCN(C(=O)/C=C/c2cnn(C)c2)CC1. The van der Waals surface area contributed by atoms with Crippen molar-refractivity contribution < 1.29 is 18.7 Å². The molecule has 1 aromatic heterocycles. The Morgan fingerprint density at radius 2 is 1.97 bits per heavy atom. The van der Waals surface area contributed by atoms with Gasteiger partial charge in [-0.2, -0.15) is 5.10 Å². The van der Waals surface area contributed by atoms with Crippen molar-refractivity contribution in [2.45, 2.75) is 32.1 Å². The number of halogens is 1. The van der Waals surface area contributed by atoms with Crippen LogP contribution in [-0.2, 0) is 21.4 Å². The highest BCUT2D eigenvalue weighted by Gasteiger charge is 2.30. The van der Waals surface area contributed by atoms with Crippen LogP contribution in [0.3, 0.4) is 0 Å². The van der Waals surface area contributed by atoms with Gasteiger partial charge in [0.1, 0.15) is 5.82 Å². The largest absolute Gasteiger partial charge is 0.466 e. The molecule has 0 spiro atoms. The summed E-state index contributed by atoms with van der Waals surface area (Å²) in [7, 11) is 1.83. The molecule has 2 aromatic rings. The summed E-state index contributed by atoms with van der Waals surface area (Å²) in [5.41, 5.74) is 1.82. The number of benzene rings is 1. The van der Waals surface area contributed by atoms with E-state index in [4.69, 9.17) is 4.74 Å². The van der Waals surface area contributed by atoms with E-state index in [2.05, 4.69) is 5.10 Å². The van der Waals surface area contributed by atoms with E-state index in [-0.39, 0.29) is 36.0 Å². The fourth-order valence-corrected chi connectivity index (χ4v) is 3.99. The topological polar surface area (TPSA) is 64.4 Å². The van der Waals surface area contributed by atoms with Crippen LogP contribution < -0.4 is 0 Å². The molecule has 1 saturated heterocycles. The van der Waals surface area contributed by atoms with Crippen LogP contribution in [0.25, 0.3) is 6.08 Å². The molecule has 0 aliphatic carbocycles. The van der Waals surface area contributed by atoms with Gasteiger partial charge < -0.3 is 9.64 Å². The second kappa shape index (κ2) is 10.2. The lowest BCUT2D eigenvalue weighted by Gasteiger charge is -2.35. The summed E-state index contributed by atoms with van der Waals surface area (Å²) in [6.07, 6.45) is 8.73. The Labute approximate surface area is 176 Å². The molecule has 6 nitrogen and oxygen atoms in total. The first kappa shape index (κ1) is 21.7. The Bertz CT molecular complexity index is 883. The van der Waals surface area contributed by atoms with Gasteiger partial charge in [0.25, 0.3) is 0 Å². The summed E-state index contributed by atoms with van der Waals surface area (Å²) in [6.45, 7) is 3.38. The van der Waals surface area contributed by atoms with E-state index >= 15 is 0 Å². The molecule has 30 heavy (non-hydrogen) atoms. The van der Waals surface area contributed by atoms with E-state index in [1.807, 2.05) is 18.1 Å². The molecule has 2 heterocycles. The summed E-state index contributed by atoms with van der Waals surface area (Å²) in [6, 6.07) is 6.34. The molecule has 0 radical (unpaired) electrons. The van der Waals surface area contributed by atoms with E-state index in [1.165, 1.54) is 12.1 Å². The molecule has 0 N–H and O–H groups in total. The Morgan fingerprint density at radius 1 is 1.27 bits per heavy atom. The van der Waals surface area contributed by atoms with Crippen LogP contribution in [0, 0.1) is 11.7 Å². The van der Waals surface area contributed by atoms with Crippen molar-refractivity contribution in [2.75, 3.05) is 19.7 Å². The van der Waals surface area contributed by atoms with Gasteiger partial charge in [-0.05, 0) is 55.4 Å². The molecule has 1 unspecified atom stereocenters. The second-order valence-corrected chi connectivity index (χ2v) is 7.61. The molecular weight excluding hydrogens is 385 g/mol. The van der Waals surface area contributed by atoms with Gasteiger partial charge in [0.2, 0.25) is 5.91 Å². The Morgan fingerprint density at radius 3 is 2.57 bits per heavy atom. The predicted molar refractivity (Wildman–Crippen MR) is 112 cm³/mol. The van der Waals surface area contributed by atoms with Gasteiger partial charge in [-0.25, -0.2) is 4.39 Å². The monoisotopic (exact) mass is 413 g/mol. The van der Waals surface area contributed by atoms with Gasteiger partial charge in [0.05, 0.1) is 19.2 Å². The molecule has 7 heteroatoms. The van der Waals surface area contributed by atoms with Crippen molar-refractivity contribution in [1.82, 2.24) is 14.7 Å². The average molecular weight is 413 g/mol. The van der Waals surface area contributed by atoms with Crippen LogP contribution in [-0.4, -0.2) is 46.3 Å². The van der Waals surface area contributed by atoms with Crippen molar-refractivity contribution in [1.29, 1.82) is 0 Å². The lowest BCUT2D eigenvalue weighted by molar-refractivity contribution is -0.144. The lowest BCUT2D eigenvalue weighted by Crippen LogP contribution is -2.39. The zero-order chi connectivity index (χ0) is 21.5. The zero-order valence-corrected chi connectivity index (χ0v) is 17.5. The van der Waals surface area contributed by atoms with Crippen LogP contribution in [0.1, 0.15) is 43.2 Å². The maximum atomic E-state index is 13.4. The van der Waals surface area contributed by atoms with Gasteiger partial charge in [-0.15, -0.1) is 0 Å². The fraction of sp³-hybridized carbons (Fsp3) is 0.435. The highest BCUT2D eigenvalue weighted by molar-refractivity contribution is 5.91. The van der Waals surface area contributed by atoms with Crippen molar-refractivity contribution in [3.05, 3.63) is 59.7 Å². The number of aromatic nitrogens is 2. The number of ether oxygens (including phenoxy) is 1. The molecule has 3 rings (SSSR count). The predicted octanol–water partition coefficient (Wildman–Crippen LogP) is 3.55. The highest BCUT2D eigenvalue weighted by Crippen LogP contribution is 2.36. The number of hydrogen-bond acceptors (Lipinski definition) is 4. The molecule has 1 aliphatic heterocycles. The van der Waals surface area contributed by atoms with E-state index in [9.17, 15) is 14.0 Å². The van der Waals surface area contributed by atoms with E-state index < -0.39 is 0 Å². The first-order valence-electron chi connectivity index (χ1n) is 10.3. The Balaban J connectivity index is 1.63. The molecule has 160 valence electrons. The quantitative estimate of drug-likeness (QED) is 0.514. The van der Waals surface area contributed by atoms with Crippen molar-refractivity contribution in [3.8, 4) is 0 Å². The minimum absolute atomic E-state index is 0.0268. The molecular formula is C23H28FN3O3. The Kier molecular flexibility index (Phi) is 7.38. The normalized spacial score (nSPS) is 16.0. The van der Waals surface area contributed by atoms with Crippen LogP contribution in [0.2, 0.25) is 0 Å². The average Bonchev–Trinajstić information content (AvgIpc) is 3.16. The summed E-state index contributed by atoms with van der Waals surface area (Å²) in [4.78, 5) is 26.5. The maximum Gasteiger partial charge on any atom is 0.306 e. The third-order valence-corrected chi connectivity index (χ3v) is 5.55. The van der Waals surface area contributed by atoms with Crippen molar-refractivity contribution in [3.63, 3.8) is 0 Å². The first-order chi connectivity index (χ1) is 14.5. The zero-order valence-electron chi connectivity index (χ0n) is 17.5. The standard InChI is InChI=1S/C23H28FN3O3/c1-3-30-23(29)14-21(18-5-7-20(24)8-6-18)19-10-12-27(13-11-19)22(28)9-4-17-15-25-26(2)16-17/h4-9,15-16,19,21H,3,10-14H2,1-2H3/b9-4+. The van der Waals surface area contributed by atoms with Gasteiger partial charge >= 0.3 is 5.97 Å². The summed E-state index contributed by atoms with van der Waals surface area (Å²) in [5.74, 6) is -0.390. The number of esters is 1. The number of nitrogens with zero attached hydrogens (tertiary/aromatic N) is 3. The molecule has 1 fully saturated rings. The van der Waals surface area contributed by atoms with Gasteiger partial charge in [-0.1, -0.05) is 12.1 Å². The molecule has 1 amide bonds. The minimum Gasteiger partial charge on any atom is -0.466 e. The summed E-state index contributed by atoms with van der Waals surface area (Å²) < 4.78 is 20.2. The van der Waals surface area contributed by atoms with Crippen LogP contribution >= 0.6 is 0 Å². The van der Waals surface area contributed by atoms with E-state index in [0.717, 1.165) is 24.0 Å². The number of carbonyl (C=O) groups is 2. The smallest absolute Gasteiger partial charge is 0.306 e. The summed E-state index contributed by atoms with van der Waals surface area (Å²) >= 11 is 0. The van der Waals surface area contributed by atoms with Crippen LogP contribution in [0.4, 0.5) is 4.39 Å². The van der Waals surface area contributed by atoms with Crippen LogP contribution in [0.5, 0.6) is 0 Å². The molecule has 1 aliphatic rings. The number of aryl methyl sites for hydroxylation is 1. The number of rotatable bonds is 7. The van der Waals surface area contributed by atoms with Gasteiger partial charge in [0, 0.05) is 38.0 Å².